The first-order valence-electron chi connectivity index (χ1n) is 4.45. The van der Waals surface area contributed by atoms with Gasteiger partial charge in [0.25, 0.3) is 0 Å². The molecule has 1 rings (SSSR count). The van der Waals surface area contributed by atoms with Crippen LogP contribution in [-0.2, 0) is 0 Å². The molecule has 0 spiro atoms. The summed E-state index contributed by atoms with van der Waals surface area (Å²) < 4.78 is 13.1. The van der Waals surface area contributed by atoms with Crippen LogP contribution in [-0.4, -0.2) is 5.78 Å². The van der Waals surface area contributed by atoms with Crippen LogP contribution in [0, 0.1) is 12.7 Å². The second kappa shape index (κ2) is 4.18. The Bertz CT molecular complexity index is 380. The third kappa shape index (κ3) is 2.28. The quantitative estimate of drug-likeness (QED) is 0.530. The van der Waals surface area contributed by atoms with Crippen molar-refractivity contribution in [1.29, 1.82) is 0 Å². The number of benzene rings is 1. The number of Topliss-reactive ketones (excluding diaryl/α,β-unsaturated/α-hetero) is 1. The van der Waals surface area contributed by atoms with E-state index >= 15 is 0 Å². The maximum absolute atomic E-state index is 13.1. The Labute approximate surface area is 83.3 Å². The summed E-state index contributed by atoms with van der Waals surface area (Å²) in [5.41, 5.74) is 1.66. The molecule has 0 aliphatic heterocycles. The van der Waals surface area contributed by atoms with Crippen molar-refractivity contribution in [2.24, 2.45) is 0 Å². The second-order valence-corrected chi connectivity index (χ2v) is 3.47. The molecule has 0 saturated heterocycles. The molecule has 0 aliphatic carbocycles. The van der Waals surface area contributed by atoms with E-state index in [-0.39, 0.29) is 18.0 Å². The maximum atomic E-state index is 13.1. The monoisotopic (exact) mass is 192 g/mol. The predicted octanol–water partition coefficient (Wildman–Crippen LogP) is 3.28. The summed E-state index contributed by atoms with van der Waals surface area (Å²) in [6.07, 6.45) is 0.282. The van der Waals surface area contributed by atoms with Crippen LogP contribution in [0.2, 0.25) is 0 Å². The number of carbonyl (C=O) groups excluding carboxylic acids is 1. The van der Waals surface area contributed by atoms with E-state index in [1.165, 1.54) is 6.07 Å². The van der Waals surface area contributed by atoms with Crippen molar-refractivity contribution in [3.63, 3.8) is 0 Å². The molecule has 0 amide bonds. The van der Waals surface area contributed by atoms with Crippen LogP contribution < -0.4 is 0 Å². The van der Waals surface area contributed by atoms with Gasteiger partial charge in [0.15, 0.2) is 5.78 Å². The average molecular weight is 192 g/mol. The van der Waals surface area contributed by atoms with E-state index in [9.17, 15) is 9.18 Å². The molecule has 0 N–H and O–H groups in total. The molecular formula is C12H13FO. The van der Waals surface area contributed by atoms with Gasteiger partial charge >= 0.3 is 0 Å². The lowest BCUT2D eigenvalue weighted by molar-refractivity contribution is 0.0992. The topological polar surface area (TPSA) is 17.1 Å². The molecule has 0 atom stereocenters. The standard InChI is InChI=1S/C12H13FO/c1-8(2)7-12(14)10-5-4-6-11(13)9(10)3/h4-6H,1,7H2,2-3H3. The Morgan fingerprint density at radius 3 is 2.71 bits per heavy atom. The Kier molecular flexibility index (Phi) is 3.18. The Morgan fingerprint density at radius 1 is 1.50 bits per heavy atom. The van der Waals surface area contributed by atoms with Crippen molar-refractivity contribution >= 4 is 5.78 Å². The van der Waals surface area contributed by atoms with Gasteiger partial charge in [0.05, 0.1) is 0 Å². The minimum atomic E-state index is -0.336. The van der Waals surface area contributed by atoms with Crippen LogP contribution in [0.25, 0.3) is 0 Å². The molecule has 0 aliphatic rings. The van der Waals surface area contributed by atoms with Gasteiger partial charge in [-0.15, -0.1) is 0 Å². The van der Waals surface area contributed by atoms with Gasteiger partial charge in [-0.1, -0.05) is 24.3 Å². The van der Waals surface area contributed by atoms with Crippen molar-refractivity contribution < 1.29 is 9.18 Å². The predicted molar refractivity (Wildman–Crippen MR) is 54.9 cm³/mol. The molecule has 74 valence electrons. The van der Waals surface area contributed by atoms with Crippen LogP contribution in [0.3, 0.4) is 0 Å². The molecule has 0 saturated carbocycles. The van der Waals surface area contributed by atoms with Crippen LogP contribution in [0.15, 0.2) is 30.4 Å². The number of hydrogen-bond donors (Lipinski definition) is 0. The van der Waals surface area contributed by atoms with Crippen LogP contribution in [0.5, 0.6) is 0 Å². The van der Waals surface area contributed by atoms with E-state index in [0.717, 1.165) is 5.57 Å². The summed E-state index contributed by atoms with van der Waals surface area (Å²) >= 11 is 0. The number of halogens is 1. The van der Waals surface area contributed by atoms with E-state index in [4.69, 9.17) is 0 Å². The lowest BCUT2D eigenvalue weighted by Gasteiger charge is -2.05. The maximum Gasteiger partial charge on any atom is 0.167 e. The van der Waals surface area contributed by atoms with Gasteiger partial charge in [0.2, 0.25) is 0 Å². The molecule has 0 fully saturated rings. The van der Waals surface area contributed by atoms with Crippen molar-refractivity contribution in [1.82, 2.24) is 0 Å². The van der Waals surface area contributed by atoms with Gasteiger partial charge in [0, 0.05) is 12.0 Å². The van der Waals surface area contributed by atoms with Gasteiger partial charge in [-0.2, -0.15) is 0 Å². The molecule has 0 aromatic heterocycles. The molecule has 1 aromatic rings. The summed E-state index contributed by atoms with van der Waals surface area (Å²) in [7, 11) is 0. The number of carbonyl (C=O) groups is 1. The highest BCUT2D eigenvalue weighted by atomic mass is 19.1. The highest BCUT2D eigenvalue weighted by Crippen LogP contribution is 2.15. The minimum Gasteiger partial charge on any atom is -0.294 e. The zero-order valence-electron chi connectivity index (χ0n) is 8.43. The highest BCUT2D eigenvalue weighted by molar-refractivity contribution is 5.98. The number of ketones is 1. The Balaban J connectivity index is 3.01. The molecule has 0 heterocycles. The SMILES string of the molecule is C=C(C)CC(=O)c1cccc(F)c1C. The molecule has 2 heteroatoms. The van der Waals surface area contributed by atoms with Gasteiger partial charge < -0.3 is 0 Å². The molecule has 1 nitrogen and oxygen atoms in total. The molecule has 0 unspecified atom stereocenters. The summed E-state index contributed by atoms with van der Waals surface area (Å²) in [6, 6.07) is 4.55. The van der Waals surface area contributed by atoms with Crippen LogP contribution in [0.1, 0.15) is 29.3 Å². The third-order valence-electron chi connectivity index (χ3n) is 2.03. The summed E-state index contributed by atoms with van der Waals surface area (Å²) in [6.45, 7) is 7.05. The van der Waals surface area contributed by atoms with E-state index in [1.54, 1.807) is 26.0 Å². The first kappa shape index (κ1) is 10.6. The summed E-state index contributed by atoms with van der Waals surface area (Å²) in [5, 5.41) is 0. The van der Waals surface area contributed by atoms with E-state index in [1.807, 2.05) is 0 Å². The number of rotatable bonds is 3. The normalized spacial score (nSPS) is 9.93. The van der Waals surface area contributed by atoms with Gasteiger partial charge in [-0.25, -0.2) is 4.39 Å². The van der Waals surface area contributed by atoms with E-state index in [0.29, 0.717) is 11.1 Å². The molecule has 1 aromatic carbocycles. The number of hydrogen-bond acceptors (Lipinski definition) is 1. The smallest absolute Gasteiger partial charge is 0.167 e. The van der Waals surface area contributed by atoms with Crippen LogP contribution >= 0.6 is 0 Å². The minimum absolute atomic E-state index is 0.0745. The summed E-state index contributed by atoms with van der Waals surface area (Å²) in [4.78, 5) is 11.6. The molecule has 14 heavy (non-hydrogen) atoms. The fraction of sp³-hybridized carbons (Fsp3) is 0.250. The van der Waals surface area contributed by atoms with Crippen molar-refractivity contribution in [2.45, 2.75) is 20.3 Å². The van der Waals surface area contributed by atoms with Gasteiger partial charge in [-0.05, 0) is 25.5 Å². The zero-order chi connectivity index (χ0) is 10.7. The van der Waals surface area contributed by atoms with Gasteiger partial charge in [-0.3, -0.25) is 4.79 Å². The van der Waals surface area contributed by atoms with E-state index in [2.05, 4.69) is 6.58 Å². The van der Waals surface area contributed by atoms with Gasteiger partial charge in [0.1, 0.15) is 5.82 Å². The number of allylic oxidation sites excluding steroid dienone is 1. The fourth-order valence-corrected chi connectivity index (χ4v) is 1.28. The first-order valence-corrected chi connectivity index (χ1v) is 4.45. The Hall–Kier alpha value is -1.44. The Morgan fingerprint density at radius 2 is 2.14 bits per heavy atom. The van der Waals surface area contributed by atoms with E-state index < -0.39 is 0 Å². The molecule has 0 bridgehead atoms. The molecular weight excluding hydrogens is 179 g/mol. The van der Waals surface area contributed by atoms with Crippen molar-refractivity contribution in [3.8, 4) is 0 Å². The third-order valence-corrected chi connectivity index (χ3v) is 2.03. The highest BCUT2D eigenvalue weighted by Gasteiger charge is 2.11. The fourth-order valence-electron chi connectivity index (χ4n) is 1.28. The summed E-state index contributed by atoms with van der Waals surface area (Å²) in [5.74, 6) is -0.410. The lowest BCUT2D eigenvalue weighted by atomic mass is 10.0. The van der Waals surface area contributed by atoms with Crippen LogP contribution in [0.4, 0.5) is 4.39 Å². The lowest BCUT2D eigenvalue weighted by Crippen LogP contribution is -2.03. The largest absolute Gasteiger partial charge is 0.294 e. The average Bonchev–Trinajstić information content (AvgIpc) is 2.08. The second-order valence-electron chi connectivity index (χ2n) is 3.47. The molecule has 0 radical (unpaired) electrons. The van der Waals surface area contributed by atoms with Crippen molar-refractivity contribution in [2.75, 3.05) is 0 Å². The zero-order valence-corrected chi connectivity index (χ0v) is 8.43. The van der Waals surface area contributed by atoms with Crippen molar-refractivity contribution in [3.05, 3.63) is 47.3 Å². The first-order chi connectivity index (χ1) is 6.52.